The number of rotatable bonds is 11. The monoisotopic (exact) mass is 646 g/mol. The van der Waals surface area contributed by atoms with Crippen molar-refractivity contribution in [1.82, 2.24) is 19.8 Å². The van der Waals surface area contributed by atoms with Crippen LogP contribution in [-0.2, 0) is 31.9 Å². The lowest BCUT2D eigenvalue weighted by atomic mass is 9.98. The zero-order valence-electron chi connectivity index (χ0n) is 23.9. The van der Waals surface area contributed by atoms with Gasteiger partial charge in [0.25, 0.3) is 5.91 Å². The van der Waals surface area contributed by atoms with Gasteiger partial charge in [0.15, 0.2) is 5.82 Å². The quantitative estimate of drug-likeness (QED) is 0.290. The minimum atomic E-state index is -4.71. The highest BCUT2D eigenvalue weighted by Gasteiger charge is 2.38. The van der Waals surface area contributed by atoms with Crippen LogP contribution in [0.5, 0.6) is 0 Å². The van der Waals surface area contributed by atoms with Crippen molar-refractivity contribution in [2.24, 2.45) is 5.73 Å². The molecule has 0 bridgehead atoms. The maximum Gasteiger partial charge on any atom is 0.416 e. The molecule has 1 aromatic heterocycles. The number of nitrogens with two attached hydrogens (primary N) is 1. The molecule has 0 aliphatic rings. The number of halogens is 5. The number of benzene rings is 2. The van der Waals surface area contributed by atoms with Crippen molar-refractivity contribution < 1.29 is 32.3 Å². The Morgan fingerprint density at radius 2 is 1.63 bits per heavy atom. The smallest absolute Gasteiger partial charge is 0.374 e. The summed E-state index contributed by atoms with van der Waals surface area (Å²) in [5, 5.41) is 5.09. The van der Waals surface area contributed by atoms with Gasteiger partial charge in [-0.05, 0) is 31.0 Å². The molecule has 3 rings (SSSR count). The number of imidazole rings is 1. The Kier molecular flexibility index (Phi) is 13.7. The first-order chi connectivity index (χ1) is 19.2. The molecule has 0 aliphatic heterocycles. The summed E-state index contributed by atoms with van der Waals surface area (Å²) in [6.45, 7) is 2.92. The molecule has 0 spiro atoms. The van der Waals surface area contributed by atoms with Crippen LogP contribution in [0.15, 0.2) is 67.1 Å². The first-order valence-electron chi connectivity index (χ1n) is 12.6. The van der Waals surface area contributed by atoms with Crippen molar-refractivity contribution in [2.75, 3.05) is 26.0 Å². The van der Waals surface area contributed by atoms with Crippen LogP contribution in [0.2, 0.25) is 0 Å². The van der Waals surface area contributed by atoms with Gasteiger partial charge in [0, 0.05) is 20.3 Å². The maximum absolute atomic E-state index is 13.8. The number of nitrogens with zero attached hydrogens (tertiary/aromatic N) is 3. The van der Waals surface area contributed by atoms with Crippen molar-refractivity contribution in [2.45, 2.75) is 44.3 Å². The van der Waals surface area contributed by atoms with Gasteiger partial charge in [0.1, 0.15) is 12.1 Å². The highest BCUT2D eigenvalue weighted by atomic mass is 35.5. The molecule has 43 heavy (non-hydrogen) atoms. The Morgan fingerprint density at radius 3 is 2.21 bits per heavy atom. The van der Waals surface area contributed by atoms with Gasteiger partial charge in [0.05, 0.1) is 30.6 Å². The zero-order chi connectivity index (χ0) is 30.4. The molecule has 3 aromatic rings. The summed E-state index contributed by atoms with van der Waals surface area (Å²) in [5.74, 6) is -1.99. The zero-order valence-corrected chi connectivity index (χ0v) is 25.6. The van der Waals surface area contributed by atoms with Crippen molar-refractivity contribution in [3.05, 3.63) is 83.8 Å². The molecule has 236 valence electrons. The standard InChI is InChI=1S/C28H33F3N6O4.2ClH/c1-27(2,32)26(40)34-21(16-41-15-18-10-6-5-7-11-18)24(38)35-22-14-37(17-33-22)23(25(39)36(3)4)19-12-8-9-13-20(19)28(29,30)31;;/h5-14,17,21,23H,15-16,32H2,1-4H3,(H,34,40)(H,35,38);2*1H/t21-,23?;;/m1../s1. The lowest BCUT2D eigenvalue weighted by Crippen LogP contribution is -2.56. The first-order valence-corrected chi connectivity index (χ1v) is 12.6. The van der Waals surface area contributed by atoms with E-state index in [1.54, 1.807) is 0 Å². The van der Waals surface area contributed by atoms with Gasteiger partial charge < -0.3 is 30.6 Å². The Morgan fingerprint density at radius 1 is 1.02 bits per heavy atom. The van der Waals surface area contributed by atoms with E-state index in [4.69, 9.17) is 10.5 Å². The van der Waals surface area contributed by atoms with Gasteiger partial charge in [-0.2, -0.15) is 13.2 Å². The molecule has 0 radical (unpaired) electrons. The molecule has 0 saturated carbocycles. The fourth-order valence-electron chi connectivity index (χ4n) is 3.81. The van der Waals surface area contributed by atoms with Crippen LogP contribution in [-0.4, -0.2) is 64.5 Å². The summed E-state index contributed by atoms with van der Waals surface area (Å²) in [6.07, 6.45) is -2.31. The van der Waals surface area contributed by atoms with E-state index >= 15 is 0 Å². The second-order valence-corrected chi connectivity index (χ2v) is 10.2. The Balaban J connectivity index is 0.00000462. The van der Waals surface area contributed by atoms with E-state index in [0.717, 1.165) is 18.0 Å². The van der Waals surface area contributed by atoms with Crippen LogP contribution in [0.3, 0.4) is 0 Å². The highest BCUT2D eigenvalue weighted by molar-refractivity contribution is 5.98. The SMILES string of the molecule is CN(C)C(=O)C(c1ccccc1C(F)(F)F)n1cnc(NC(=O)[C@@H](COCc2ccccc2)NC(=O)C(C)(C)N)c1.Cl.Cl. The lowest BCUT2D eigenvalue weighted by Gasteiger charge is -2.25. The number of amides is 3. The molecule has 0 saturated heterocycles. The molecule has 4 N–H and O–H groups in total. The van der Waals surface area contributed by atoms with Crippen LogP contribution in [0, 0.1) is 0 Å². The van der Waals surface area contributed by atoms with E-state index in [1.165, 1.54) is 61.8 Å². The van der Waals surface area contributed by atoms with Gasteiger partial charge >= 0.3 is 6.18 Å². The summed E-state index contributed by atoms with van der Waals surface area (Å²) in [5.41, 5.74) is 4.19. The lowest BCUT2D eigenvalue weighted by molar-refractivity contribution is -0.139. The summed E-state index contributed by atoms with van der Waals surface area (Å²) in [6, 6.07) is 11.4. The predicted octanol–water partition coefficient (Wildman–Crippen LogP) is 3.80. The largest absolute Gasteiger partial charge is 0.416 e. The minimum Gasteiger partial charge on any atom is -0.374 e. The molecule has 0 fully saturated rings. The minimum absolute atomic E-state index is 0. The second-order valence-electron chi connectivity index (χ2n) is 10.2. The maximum atomic E-state index is 13.8. The van der Waals surface area contributed by atoms with Crippen molar-refractivity contribution in [3.63, 3.8) is 0 Å². The number of alkyl halides is 3. The number of carbonyl (C=O) groups excluding carboxylic acids is 3. The van der Waals surface area contributed by atoms with Gasteiger partial charge in [0.2, 0.25) is 11.8 Å². The topological polar surface area (TPSA) is 132 Å². The fraction of sp³-hybridized carbons (Fsp3) is 0.357. The molecular formula is C28H35Cl2F3N6O4. The number of carbonyl (C=O) groups is 3. The number of anilines is 1. The summed E-state index contributed by atoms with van der Waals surface area (Å²) >= 11 is 0. The molecular weight excluding hydrogens is 612 g/mol. The normalized spacial score (nSPS) is 12.7. The summed E-state index contributed by atoms with van der Waals surface area (Å²) in [4.78, 5) is 44.0. The van der Waals surface area contributed by atoms with Gasteiger partial charge in [-0.15, -0.1) is 24.8 Å². The van der Waals surface area contributed by atoms with E-state index in [1.807, 2.05) is 30.3 Å². The molecule has 3 amide bonds. The van der Waals surface area contributed by atoms with Crippen LogP contribution in [0.1, 0.15) is 36.6 Å². The molecule has 1 unspecified atom stereocenters. The van der Waals surface area contributed by atoms with Crippen LogP contribution in [0.4, 0.5) is 19.0 Å². The average molecular weight is 648 g/mol. The first kappa shape index (κ1) is 37.4. The van der Waals surface area contributed by atoms with Crippen molar-refractivity contribution >= 4 is 48.4 Å². The second kappa shape index (κ2) is 15.7. The Labute approximate surface area is 260 Å². The molecule has 10 nitrogen and oxygen atoms in total. The van der Waals surface area contributed by atoms with Crippen LogP contribution >= 0.6 is 24.8 Å². The van der Waals surface area contributed by atoms with Crippen LogP contribution in [0.25, 0.3) is 0 Å². The molecule has 1 heterocycles. The van der Waals surface area contributed by atoms with E-state index < -0.39 is 47.1 Å². The van der Waals surface area contributed by atoms with E-state index in [2.05, 4.69) is 15.6 Å². The van der Waals surface area contributed by atoms with Gasteiger partial charge in [-0.1, -0.05) is 48.5 Å². The fourth-order valence-corrected chi connectivity index (χ4v) is 3.81. The number of hydrogen-bond donors (Lipinski definition) is 3. The third-order valence-electron chi connectivity index (χ3n) is 5.99. The number of nitrogens with one attached hydrogen (secondary N) is 2. The molecule has 15 heteroatoms. The molecule has 0 aliphatic carbocycles. The Bertz CT molecular complexity index is 1360. The van der Waals surface area contributed by atoms with Gasteiger partial charge in [-0.3, -0.25) is 14.4 Å². The molecule has 2 atom stereocenters. The summed E-state index contributed by atoms with van der Waals surface area (Å²) in [7, 11) is 2.85. The van der Waals surface area contributed by atoms with E-state index in [-0.39, 0.29) is 49.4 Å². The Hall–Kier alpha value is -3.65. The average Bonchev–Trinajstić information content (AvgIpc) is 3.35. The third-order valence-corrected chi connectivity index (χ3v) is 5.99. The number of hydrogen-bond acceptors (Lipinski definition) is 6. The predicted molar refractivity (Wildman–Crippen MR) is 160 cm³/mol. The third kappa shape index (κ3) is 10.2. The van der Waals surface area contributed by atoms with E-state index in [0.29, 0.717) is 0 Å². The highest BCUT2D eigenvalue weighted by Crippen LogP contribution is 2.36. The van der Waals surface area contributed by atoms with Gasteiger partial charge in [-0.25, -0.2) is 4.98 Å². The number of ether oxygens (including phenoxy) is 1. The van der Waals surface area contributed by atoms with E-state index in [9.17, 15) is 27.6 Å². The van der Waals surface area contributed by atoms with Crippen molar-refractivity contribution in [1.29, 1.82) is 0 Å². The van der Waals surface area contributed by atoms with Crippen LogP contribution < -0.4 is 16.4 Å². The number of likely N-dealkylation sites (N-methyl/N-ethyl adjacent to an activating group) is 1. The summed E-state index contributed by atoms with van der Waals surface area (Å²) < 4.78 is 48.2. The van der Waals surface area contributed by atoms with Crippen molar-refractivity contribution in [3.8, 4) is 0 Å². The number of aromatic nitrogens is 2. The molecule has 2 aromatic carbocycles.